The molecule has 2 amide bonds. The van der Waals surface area contributed by atoms with Gasteiger partial charge in [-0.25, -0.2) is 15.0 Å². The summed E-state index contributed by atoms with van der Waals surface area (Å²) < 4.78 is 5.80. The summed E-state index contributed by atoms with van der Waals surface area (Å²) in [4.78, 5) is 22.8. The van der Waals surface area contributed by atoms with Gasteiger partial charge in [0.25, 0.3) is 0 Å². The lowest BCUT2D eigenvalue weighted by molar-refractivity contribution is 0.0532. The predicted molar refractivity (Wildman–Crippen MR) is 83.1 cm³/mol. The van der Waals surface area contributed by atoms with Crippen LogP contribution in [0.4, 0.5) is 4.79 Å². The first kappa shape index (κ1) is 15.3. The van der Waals surface area contributed by atoms with E-state index in [-0.39, 0.29) is 6.61 Å². The SMILES string of the molecule is CCOC(=O)c1sc2cccc(C=NNC(N)=O)c2c1Cl. The molecule has 0 aliphatic carbocycles. The third kappa shape index (κ3) is 3.32. The number of thiophene rings is 1. The molecule has 0 aliphatic rings. The van der Waals surface area contributed by atoms with Crippen molar-refractivity contribution in [3.05, 3.63) is 33.7 Å². The van der Waals surface area contributed by atoms with E-state index < -0.39 is 12.0 Å². The summed E-state index contributed by atoms with van der Waals surface area (Å²) in [6, 6.07) is 4.65. The summed E-state index contributed by atoms with van der Waals surface area (Å²) in [6.45, 7) is 2.01. The van der Waals surface area contributed by atoms with Crippen LogP contribution in [0.3, 0.4) is 0 Å². The van der Waals surface area contributed by atoms with Crippen LogP contribution < -0.4 is 11.2 Å². The first-order valence-electron chi connectivity index (χ1n) is 6.01. The van der Waals surface area contributed by atoms with E-state index in [9.17, 15) is 9.59 Å². The van der Waals surface area contributed by atoms with Gasteiger partial charge in [0.2, 0.25) is 0 Å². The first-order chi connectivity index (χ1) is 10.0. The number of nitrogens with one attached hydrogen (secondary N) is 1. The van der Waals surface area contributed by atoms with Crippen molar-refractivity contribution in [3.63, 3.8) is 0 Å². The van der Waals surface area contributed by atoms with Gasteiger partial charge in [-0.15, -0.1) is 11.3 Å². The summed E-state index contributed by atoms with van der Waals surface area (Å²) in [5, 5.41) is 4.70. The molecule has 0 saturated heterocycles. The number of hydrogen-bond donors (Lipinski definition) is 2. The Balaban J connectivity index is 2.46. The summed E-state index contributed by atoms with van der Waals surface area (Å²) in [6.07, 6.45) is 1.42. The van der Waals surface area contributed by atoms with E-state index >= 15 is 0 Å². The van der Waals surface area contributed by atoms with Crippen LogP contribution in [-0.4, -0.2) is 24.8 Å². The Bertz CT molecular complexity index is 727. The van der Waals surface area contributed by atoms with Crippen molar-refractivity contribution in [2.24, 2.45) is 10.8 Å². The van der Waals surface area contributed by atoms with Crippen molar-refractivity contribution < 1.29 is 14.3 Å². The van der Waals surface area contributed by atoms with E-state index in [2.05, 4.69) is 10.5 Å². The van der Waals surface area contributed by atoms with Crippen molar-refractivity contribution in [1.29, 1.82) is 0 Å². The van der Waals surface area contributed by atoms with Crippen LogP contribution in [0, 0.1) is 0 Å². The molecule has 0 fully saturated rings. The predicted octanol–water partition coefficient (Wildman–Crippen LogP) is 2.73. The number of hydrogen-bond acceptors (Lipinski definition) is 5. The molecule has 0 bridgehead atoms. The quantitative estimate of drug-likeness (QED) is 0.514. The fourth-order valence-corrected chi connectivity index (χ4v) is 3.22. The highest BCUT2D eigenvalue weighted by Gasteiger charge is 2.19. The molecular formula is C13H12ClN3O3S. The number of esters is 1. The normalized spacial score (nSPS) is 11.0. The number of fused-ring (bicyclic) bond motifs is 1. The number of amides is 2. The Morgan fingerprint density at radius 3 is 2.95 bits per heavy atom. The van der Waals surface area contributed by atoms with Gasteiger partial charge in [0, 0.05) is 15.6 Å². The molecular weight excluding hydrogens is 314 g/mol. The molecule has 3 N–H and O–H groups in total. The molecule has 1 heterocycles. The minimum atomic E-state index is -0.762. The van der Waals surface area contributed by atoms with Crippen LogP contribution in [0.25, 0.3) is 10.1 Å². The van der Waals surface area contributed by atoms with Crippen molar-refractivity contribution in [3.8, 4) is 0 Å². The van der Waals surface area contributed by atoms with Gasteiger partial charge in [0.15, 0.2) is 0 Å². The molecule has 0 unspecified atom stereocenters. The number of urea groups is 1. The Labute approximate surface area is 129 Å². The number of halogens is 1. The van der Waals surface area contributed by atoms with Crippen LogP contribution in [-0.2, 0) is 4.74 Å². The van der Waals surface area contributed by atoms with Crippen molar-refractivity contribution in [1.82, 2.24) is 5.43 Å². The largest absolute Gasteiger partial charge is 0.462 e. The molecule has 8 heteroatoms. The molecule has 0 aliphatic heterocycles. The number of nitrogens with two attached hydrogens (primary N) is 1. The van der Waals surface area contributed by atoms with Crippen LogP contribution in [0.5, 0.6) is 0 Å². The van der Waals surface area contributed by atoms with Gasteiger partial charge in [-0.3, -0.25) is 0 Å². The fraction of sp³-hybridized carbons (Fsp3) is 0.154. The number of nitrogens with zero attached hydrogens (tertiary/aromatic N) is 1. The highest BCUT2D eigenvalue weighted by Crippen LogP contribution is 2.37. The fourth-order valence-electron chi connectivity index (χ4n) is 1.74. The average molecular weight is 326 g/mol. The number of primary amides is 1. The second-order valence-electron chi connectivity index (χ2n) is 3.92. The topological polar surface area (TPSA) is 93.8 Å². The molecule has 2 aromatic rings. The van der Waals surface area contributed by atoms with Crippen molar-refractivity contribution in [2.45, 2.75) is 6.92 Å². The van der Waals surface area contributed by atoms with Gasteiger partial charge in [0.05, 0.1) is 17.8 Å². The average Bonchev–Trinajstić information content (AvgIpc) is 2.77. The monoisotopic (exact) mass is 325 g/mol. The van der Waals surface area contributed by atoms with Crippen LogP contribution in [0.15, 0.2) is 23.3 Å². The molecule has 1 aromatic carbocycles. The third-order valence-electron chi connectivity index (χ3n) is 2.53. The van der Waals surface area contributed by atoms with E-state index in [0.29, 0.717) is 20.8 Å². The van der Waals surface area contributed by atoms with E-state index in [1.165, 1.54) is 17.6 Å². The maximum Gasteiger partial charge on any atom is 0.349 e. The number of carbonyl (C=O) groups is 2. The zero-order chi connectivity index (χ0) is 15.4. The molecule has 0 radical (unpaired) electrons. The van der Waals surface area contributed by atoms with Gasteiger partial charge in [-0.1, -0.05) is 23.7 Å². The molecule has 21 heavy (non-hydrogen) atoms. The second-order valence-corrected chi connectivity index (χ2v) is 5.35. The summed E-state index contributed by atoms with van der Waals surface area (Å²) in [5.41, 5.74) is 7.70. The number of hydrazone groups is 1. The number of carbonyl (C=O) groups excluding carboxylic acids is 2. The highest BCUT2D eigenvalue weighted by atomic mass is 35.5. The maximum absolute atomic E-state index is 11.8. The number of benzene rings is 1. The minimum Gasteiger partial charge on any atom is -0.462 e. The molecule has 0 atom stereocenters. The first-order valence-corrected chi connectivity index (χ1v) is 7.20. The lowest BCUT2D eigenvalue weighted by Crippen LogP contribution is -2.24. The third-order valence-corrected chi connectivity index (χ3v) is 4.15. The Kier molecular flexibility index (Phi) is 4.77. The Morgan fingerprint density at radius 1 is 1.52 bits per heavy atom. The standard InChI is InChI=1S/C13H12ClN3O3S/c1-2-20-12(18)11-10(14)9-7(6-16-17-13(15)19)4-3-5-8(9)21-11/h3-6H,2H2,1H3,(H3,15,17,19). The van der Waals surface area contributed by atoms with Gasteiger partial charge in [0.1, 0.15) is 4.88 Å². The zero-order valence-electron chi connectivity index (χ0n) is 11.1. The van der Waals surface area contributed by atoms with Gasteiger partial charge < -0.3 is 10.5 Å². The number of ether oxygens (including phenoxy) is 1. The van der Waals surface area contributed by atoms with E-state index in [4.69, 9.17) is 22.1 Å². The van der Waals surface area contributed by atoms with E-state index in [1.54, 1.807) is 19.1 Å². The van der Waals surface area contributed by atoms with E-state index in [1.807, 2.05) is 6.07 Å². The molecule has 1 aromatic heterocycles. The Hall–Kier alpha value is -2.12. The molecule has 6 nitrogen and oxygen atoms in total. The molecule has 0 saturated carbocycles. The summed E-state index contributed by atoms with van der Waals surface area (Å²) in [7, 11) is 0. The van der Waals surface area contributed by atoms with Gasteiger partial charge in [-0.2, -0.15) is 5.10 Å². The van der Waals surface area contributed by atoms with Crippen LogP contribution in [0.2, 0.25) is 5.02 Å². The van der Waals surface area contributed by atoms with Crippen molar-refractivity contribution in [2.75, 3.05) is 6.61 Å². The lowest BCUT2D eigenvalue weighted by Gasteiger charge is -1.99. The lowest BCUT2D eigenvalue weighted by atomic mass is 10.1. The van der Waals surface area contributed by atoms with Crippen LogP contribution in [0.1, 0.15) is 22.2 Å². The summed E-state index contributed by atoms with van der Waals surface area (Å²) in [5.74, 6) is -0.457. The molecule has 0 spiro atoms. The van der Waals surface area contributed by atoms with E-state index in [0.717, 1.165) is 4.70 Å². The zero-order valence-corrected chi connectivity index (χ0v) is 12.6. The highest BCUT2D eigenvalue weighted by molar-refractivity contribution is 7.21. The maximum atomic E-state index is 11.8. The van der Waals surface area contributed by atoms with Gasteiger partial charge >= 0.3 is 12.0 Å². The van der Waals surface area contributed by atoms with Crippen molar-refractivity contribution >= 4 is 51.2 Å². The molecule has 110 valence electrons. The van der Waals surface area contributed by atoms with Gasteiger partial charge in [-0.05, 0) is 13.0 Å². The summed E-state index contributed by atoms with van der Waals surface area (Å²) >= 11 is 7.52. The molecule has 2 rings (SSSR count). The Morgan fingerprint density at radius 2 is 2.29 bits per heavy atom. The second kappa shape index (κ2) is 6.55. The number of rotatable bonds is 4. The van der Waals surface area contributed by atoms with Crippen LogP contribution >= 0.6 is 22.9 Å². The minimum absolute atomic E-state index is 0.278. The smallest absolute Gasteiger partial charge is 0.349 e.